The van der Waals surface area contributed by atoms with Gasteiger partial charge in [-0.3, -0.25) is 4.90 Å². The van der Waals surface area contributed by atoms with Crippen molar-refractivity contribution in [3.63, 3.8) is 0 Å². The van der Waals surface area contributed by atoms with Gasteiger partial charge in [0, 0.05) is 18.6 Å². The van der Waals surface area contributed by atoms with Gasteiger partial charge in [-0.05, 0) is 49.9 Å². The molecular formula is C15H24N2. The monoisotopic (exact) mass is 232 g/mol. The van der Waals surface area contributed by atoms with Crippen LogP contribution in [0.2, 0.25) is 0 Å². The Balaban J connectivity index is 2.26. The standard InChI is InChI=1S/C15H24N2/c1-4-8-17-9-7-14(16)15(17)13-6-5-11(2)12(3)10-13/h5-6,10,14-15H,4,7-9,16H2,1-3H3/t14-,15+/m1/s1. The van der Waals surface area contributed by atoms with Gasteiger partial charge in [-0.15, -0.1) is 0 Å². The Kier molecular flexibility index (Phi) is 3.85. The molecule has 1 aliphatic rings. The molecule has 2 N–H and O–H groups in total. The zero-order chi connectivity index (χ0) is 12.4. The maximum absolute atomic E-state index is 6.28. The van der Waals surface area contributed by atoms with Gasteiger partial charge in [0.1, 0.15) is 0 Å². The molecule has 0 aromatic heterocycles. The van der Waals surface area contributed by atoms with Gasteiger partial charge >= 0.3 is 0 Å². The number of hydrogen-bond acceptors (Lipinski definition) is 2. The first-order valence-electron chi connectivity index (χ1n) is 6.70. The van der Waals surface area contributed by atoms with E-state index >= 15 is 0 Å². The van der Waals surface area contributed by atoms with Crippen molar-refractivity contribution in [3.8, 4) is 0 Å². The molecule has 0 aliphatic carbocycles. The lowest BCUT2D eigenvalue weighted by Crippen LogP contribution is -2.32. The van der Waals surface area contributed by atoms with E-state index < -0.39 is 0 Å². The first-order valence-corrected chi connectivity index (χ1v) is 6.70. The van der Waals surface area contributed by atoms with Crippen molar-refractivity contribution < 1.29 is 0 Å². The molecule has 1 aliphatic heterocycles. The summed E-state index contributed by atoms with van der Waals surface area (Å²) in [6.07, 6.45) is 2.33. The van der Waals surface area contributed by atoms with E-state index in [1.165, 1.54) is 23.1 Å². The molecule has 0 unspecified atom stereocenters. The van der Waals surface area contributed by atoms with Gasteiger partial charge in [-0.2, -0.15) is 0 Å². The quantitative estimate of drug-likeness (QED) is 0.868. The zero-order valence-electron chi connectivity index (χ0n) is 11.2. The predicted molar refractivity (Wildman–Crippen MR) is 73.1 cm³/mol. The predicted octanol–water partition coefficient (Wildman–Crippen LogP) is 2.79. The lowest BCUT2D eigenvalue weighted by molar-refractivity contribution is 0.248. The van der Waals surface area contributed by atoms with Crippen LogP contribution >= 0.6 is 0 Å². The van der Waals surface area contributed by atoms with Crippen LogP contribution in [0.15, 0.2) is 18.2 Å². The highest BCUT2D eigenvalue weighted by Crippen LogP contribution is 2.32. The fourth-order valence-electron chi connectivity index (χ4n) is 2.83. The van der Waals surface area contributed by atoms with E-state index in [1.54, 1.807) is 0 Å². The Labute approximate surface area is 105 Å². The third-order valence-electron chi connectivity index (χ3n) is 3.93. The lowest BCUT2D eigenvalue weighted by Gasteiger charge is -2.27. The molecule has 2 atom stereocenters. The van der Waals surface area contributed by atoms with E-state index in [2.05, 4.69) is 43.9 Å². The van der Waals surface area contributed by atoms with Crippen LogP contribution in [0, 0.1) is 13.8 Å². The largest absolute Gasteiger partial charge is 0.326 e. The van der Waals surface area contributed by atoms with Crippen molar-refractivity contribution in [2.45, 2.75) is 45.7 Å². The smallest absolute Gasteiger partial charge is 0.0499 e. The molecule has 17 heavy (non-hydrogen) atoms. The molecule has 2 rings (SSSR count). The second kappa shape index (κ2) is 5.19. The Morgan fingerprint density at radius 3 is 2.71 bits per heavy atom. The van der Waals surface area contributed by atoms with Gasteiger partial charge < -0.3 is 5.73 Å². The SMILES string of the molecule is CCCN1CC[C@@H](N)[C@@H]1c1ccc(C)c(C)c1. The number of nitrogens with two attached hydrogens (primary N) is 1. The Bertz CT molecular complexity index is 385. The third kappa shape index (κ3) is 2.53. The highest BCUT2D eigenvalue weighted by atomic mass is 15.2. The van der Waals surface area contributed by atoms with E-state index in [4.69, 9.17) is 5.73 Å². The molecule has 1 saturated heterocycles. The van der Waals surface area contributed by atoms with Crippen LogP contribution in [0.25, 0.3) is 0 Å². The fourth-order valence-corrected chi connectivity index (χ4v) is 2.83. The van der Waals surface area contributed by atoms with Crippen molar-refractivity contribution in [3.05, 3.63) is 34.9 Å². The lowest BCUT2D eigenvalue weighted by atomic mass is 9.97. The summed E-state index contributed by atoms with van der Waals surface area (Å²) < 4.78 is 0. The molecule has 2 nitrogen and oxygen atoms in total. The highest BCUT2D eigenvalue weighted by Gasteiger charge is 2.32. The number of aryl methyl sites for hydroxylation is 2. The van der Waals surface area contributed by atoms with Gasteiger partial charge in [-0.25, -0.2) is 0 Å². The minimum atomic E-state index is 0.295. The molecule has 0 saturated carbocycles. The fraction of sp³-hybridized carbons (Fsp3) is 0.600. The number of hydrogen-bond donors (Lipinski definition) is 1. The van der Waals surface area contributed by atoms with Crippen molar-refractivity contribution >= 4 is 0 Å². The van der Waals surface area contributed by atoms with E-state index in [1.807, 2.05) is 0 Å². The van der Waals surface area contributed by atoms with Crippen LogP contribution in [0.5, 0.6) is 0 Å². The Hall–Kier alpha value is -0.860. The van der Waals surface area contributed by atoms with E-state index in [0.29, 0.717) is 12.1 Å². The van der Waals surface area contributed by atoms with Crippen LogP contribution in [-0.4, -0.2) is 24.0 Å². The second-order valence-electron chi connectivity index (χ2n) is 5.28. The maximum atomic E-state index is 6.28. The third-order valence-corrected chi connectivity index (χ3v) is 3.93. The van der Waals surface area contributed by atoms with Crippen LogP contribution < -0.4 is 5.73 Å². The zero-order valence-corrected chi connectivity index (χ0v) is 11.2. The van der Waals surface area contributed by atoms with Crippen molar-refractivity contribution in [1.29, 1.82) is 0 Å². The van der Waals surface area contributed by atoms with Gasteiger partial charge in [0.2, 0.25) is 0 Å². The summed E-state index contributed by atoms with van der Waals surface area (Å²) in [6, 6.07) is 7.51. The Morgan fingerprint density at radius 1 is 1.29 bits per heavy atom. The van der Waals surface area contributed by atoms with Crippen molar-refractivity contribution in [1.82, 2.24) is 4.90 Å². The average Bonchev–Trinajstić information content (AvgIpc) is 2.65. The minimum Gasteiger partial charge on any atom is -0.326 e. The van der Waals surface area contributed by atoms with E-state index in [0.717, 1.165) is 19.5 Å². The van der Waals surface area contributed by atoms with Crippen molar-refractivity contribution in [2.75, 3.05) is 13.1 Å². The Morgan fingerprint density at radius 2 is 2.06 bits per heavy atom. The topological polar surface area (TPSA) is 29.3 Å². The molecule has 0 spiro atoms. The first-order chi connectivity index (χ1) is 8.13. The second-order valence-corrected chi connectivity index (χ2v) is 5.28. The van der Waals surface area contributed by atoms with Gasteiger partial charge in [0.15, 0.2) is 0 Å². The van der Waals surface area contributed by atoms with Gasteiger partial charge in [0.25, 0.3) is 0 Å². The van der Waals surface area contributed by atoms with Crippen molar-refractivity contribution in [2.24, 2.45) is 5.73 Å². The van der Waals surface area contributed by atoms with Crippen LogP contribution in [-0.2, 0) is 0 Å². The minimum absolute atomic E-state index is 0.295. The van der Waals surface area contributed by atoms with E-state index in [-0.39, 0.29) is 0 Å². The molecule has 0 radical (unpaired) electrons. The molecule has 0 amide bonds. The molecule has 2 heteroatoms. The summed E-state index contributed by atoms with van der Waals surface area (Å²) in [5.74, 6) is 0. The highest BCUT2D eigenvalue weighted by molar-refractivity contribution is 5.33. The summed E-state index contributed by atoms with van der Waals surface area (Å²) in [5.41, 5.74) is 10.4. The number of nitrogens with zero attached hydrogens (tertiary/aromatic N) is 1. The van der Waals surface area contributed by atoms with Crippen LogP contribution in [0.4, 0.5) is 0 Å². The molecule has 1 aromatic carbocycles. The average molecular weight is 232 g/mol. The molecule has 1 heterocycles. The van der Waals surface area contributed by atoms with Gasteiger partial charge in [-0.1, -0.05) is 25.1 Å². The summed E-state index contributed by atoms with van der Waals surface area (Å²) in [5, 5.41) is 0. The molecule has 1 fully saturated rings. The molecule has 1 aromatic rings. The number of benzene rings is 1. The molecule has 94 valence electrons. The maximum Gasteiger partial charge on any atom is 0.0499 e. The van der Waals surface area contributed by atoms with Gasteiger partial charge in [0.05, 0.1) is 0 Å². The van der Waals surface area contributed by atoms with Crippen LogP contribution in [0.3, 0.4) is 0 Å². The summed E-state index contributed by atoms with van der Waals surface area (Å²) in [7, 11) is 0. The molecule has 0 bridgehead atoms. The van der Waals surface area contributed by atoms with E-state index in [9.17, 15) is 0 Å². The summed E-state index contributed by atoms with van der Waals surface area (Å²) in [6.45, 7) is 8.89. The summed E-state index contributed by atoms with van der Waals surface area (Å²) in [4.78, 5) is 2.54. The normalized spacial score (nSPS) is 25.4. The van der Waals surface area contributed by atoms with Crippen LogP contribution in [0.1, 0.15) is 42.5 Å². The first kappa shape index (κ1) is 12.6. The summed E-state index contributed by atoms with van der Waals surface area (Å²) >= 11 is 0. The molecular weight excluding hydrogens is 208 g/mol. The number of rotatable bonds is 3. The number of likely N-dealkylation sites (tertiary alicyclic amines) is 1.